The first kappa shape index (κ1) is 17.8. The molecule has 1 aromatic rings. The second kappa shape index (κ2) is 5.54. The fourth-order valence-electron chi connectivity index (χ4n) is 2.41. The van der Waals surface area contributed by atoms with Crippen LogP contribution in [0, 0.1) is 17.0 Å². The number of hydrogen-bond donors (Lipinski definition) is 1. The van der Waals surface area contributed by atoms with Crippen molar-refractivity contribution in [1.82, 2.24) is 14.8 Å². The standard InChI is InChI=1S/C12H14F3N5O4/c1-6-5-11(22,12(13,14)15)19(16-6)10(21)8(3)18-7(2)4-9(17-18)20(23)24/h4,8,22H,5H2,1-3H3/t8-,11-/m0/s1. The molecule has 1 aliphatic heterocycles. The van der Waals surface area contributed by atoms with Gasteiger partial charge in [0, 0.05) is 12.1 Å². The van der Waals surface area contributed by atoms with Crippen molar-refractivity contribution < 1.29 is 28.0 Å². The van der Waals surface area contributed by atoms with Crippen LogP contribution in [0.25, 0.3) is 0 Å². The van der Waals surface area contributed by atoms with Crippen LogP contribution in [0.3, 0.4) is 0 Å². The minimum atomic E-state index is -5.12. The van der Waals surface area contributed by atoms with Crippen LogP contribution in [-0.2, 0) is 4.79 Å². The molecule has 24 heavy (non-hydrogen) atoms. The number of amides is 1. The molecule has 0 aliphatic carbocycles. The number of nitrogens with zero attached hydrogens (tertiary/aromatic N) is 5. The highest BCUT2D eigenvalue weighted by atomic mass is 19.4. The zero-order valence-corrected chi connectivity index (χ0v) is 12.9. The van der Waals surface area contributed by atoms with Gasteiger partial charge in [0.1, 0.15) is 0 Å². The lowest BCUT2D eigenvalue weighted by Crippen LogP contribution is -2.57. The zero-order valence-electron chi connectivity index (χ0n) is 12.9. The molecule has 0 spiro atoms. The maximum absolute atomic E-state index is 13.2. The van der Waals surface area contributed by atoms with E-state index in [0.29, 0.717) is 0 Å². The molecular weight excluding hydrogens is 335 g/mol. The second-order valence-electron chi connectivity index (χ2n) is 5.50. The SMILES string of the molecule is CC1=NN(C(=O)[C@H](C)n2nc([N+](=O)[O-])cc2C)[C@@](O)(C(F)(F)F)C1. The average molecular weight is 349 g/mol. The normalized spacial score (nSPS) is 22.5. The Morgan fingerprint density at radius 1 is 1.50 bits per heavy atom. The zero-order chi connectivity index (χ0) is 18.4. The summed E-state index contributed by atoms with van der Waals surface area (Å²) >= 11 is 0. The van der Waals surface area contributed by atoms with Crippen LogP contribution in [0.4, 0.5) is 19.0 Å². The van der Waals surface area contributed by atoms with Gasteiger partial charge in [-0.1, -0.05) is 0 Å². The number of rotatable bonds is 3. The number of hydrazone groups is 1. The maximum Gasteiger partial charge on any atom is 0.438 e. The summed E-state index contributed by atoms with van der Waals surface area (Å²) in [6, 6.07) is -0.250. The van der Waals surface area contributed by atoms with Crippen LogP contribution in [0.15, 0.2) is 11.2 Å². The first-order valence-electron chi connectivity index (χ1n) is 6.76. The third-order valence-electron chi connectivity index (χ3n) is 3.61. The third kappa shape index (κ3) is 2.72. The highest BCUT2D eigenvalue weighted by Gasteiger charge is 2.63. The van der Waals surface area contributed by atoms with Gasteiger partial charge < -0.3 is 15.2 Å². The summed E-state index contributed by atoms with van der Waals surface area (Å²) in [5.74, 6) is -1.73. The van der Waals surface area contributed by atoms with Gasteiger partial charge in [0.05, 0.1) is 16.9 Å². The van der Waals surface area contributed by atoms with Gasteiger partial charge in [-0.2, -0.15) is 28.0 Å². The van der Waals surface area contributed by atoms with Crippen LogP contribution < -0.4 is 0 Å². The highest BCUT2D eigenvalue weighted by Crippen LogP contribution is 2.41. The Morgan fingerprint density at radius 2 is 2.08 bits per heavy atom. The summed E-state index contributed by atoms with van der Waals surface area (Å²) in [7, 11) is 0. The Hall–Kier alpha value is -2.50. The van der Waals surface area contributed by atoms with E-state index in [9.17, 15) is 33.2 Å². The molecule has 2 rings (SSSR count). The van der Waals surface area contributed by atoms with Crippen LogP contribution in [0.2, 0.25) is 0 Å². The quantitative estimate of drug-likeness (QED) is 0.656. The Kier molecular flexibility index (Phi) is 4.12. The van der Waals surface area contributed by atoms with Crippen molar-refractivity contribution in [3.05, 3.63) is 21.9 Å². The van der Waals surface area contributed by atoms with Gasteiger partial charge >= 0.3 is 12.0 Å². The smallest absolute Gasteiger partial charge is 0.362 e. The van der Waals surface area contributed by atoms with E-state index in [1.807, 2.05) is 0 Å². The molecule has 2 atom stereocenters. The van der Waals surface area contributed by atoms with Gasteiger partial charge in [-0.25, -0.2) is 0 Å². The van der Waals surface area contributed by atoms with Crippen molar-refractivity contribution in [2.45, 2.75) is 45.1 Å². The van der Waals surface area contributed by atoms with Crippen molar-refractivity contribution in [3.63, 3.8) is 0 Å². The predicted octanol–water partition coefficient (Wildman–Crippen LogP) is 1.52. The number of nitro groups is 1. The Balaban J connectivity index is 2.38. The fraction of sp³-hybridized carbons (Fsp3) is 0.583. The molecule has 1 N–H and O–H groups in total. The third-order valence-corrected chi connectivity index (χ3v) is 3.61. The number of alkyl halides is 3. The monoisotopic (exact) mass is 349 g/mol. The van der Waals surface area contributed by atoms with Gasteiger partial charge in [0.15, 0.2) is 6.04 Å². The summed E-state index contributed by atoms with van der Waals surface area (Å²) in [6.45, 7) is 3.88. The number of aryl methyl sites for hydroxylation is 1. The van der Waals surface area contributed by atoms with E-state index in [1.54, 1.807) is 0 Å². The molecule has 132 valence electrons. The average Bonchev–Trinajstić information content (AvgIpc) is 2.97. The Labute approximate surface area is 133 Å². The maximum atomic E-state index is 13.2. The van der Waals surface area contributed by atoms with Crippen molar-refractivity contribution in [1.29, 1.82) is 0 Å². The summed E-state index contributed by atoms with van der Waals surface area (Å²) in [6.07, 6.45) is -5.98. The molecule has 0 saturated heterocycles. The van der Waals surface area contributed by atoms with E-state index >= 15 is 0 Å². The van der Waals surface area contributed by atoms with Gasteiger partial charge in [-0.3, -0.25) is 4.79 Å². The number of hydrogen-bond acceptors (Lipinski definition) is 6. The van der Waals surface area contributed by atoms with Crippen LogP contribution in [-0.4, -0.2) is 48.3 Å². The number of aromatic nitrogens is 2. The predicted molar refractivity (Wildman–Crippen MR) is 73.9 cm³/mol. The van der Waals surface area contributed by atoms with Crippen LogP contribution >= 0.6 is 0 Å². The van der Waals surface area contributed by atoms with Gasteiger partial charge in [0.2, 0.25) is 0 Å². The molecule has 1 aromatic heterocycles. The van der Waals surface area contributed by atoms with Crippen LogP contribution in [0.5, 0.6) is 0 Å². The molecule has 1 aliphatic rings. The number of aliphatic hydroxyl groups is 1. The lowest BCUT2D eigenvalue weighted by Gasteiger charge is -2.33. The van der Waals surface area contributed by atoms with Gasteiger partial charge in [-0.15, -0.1) is 0 Å². The summed E-state index contributed by atoms with van der Waals surface area (Å²) in [5, 5.41) is 27.7. The summed E-state index contributed by atoms with van der Waals surface area (Å²) < 4.78 is 40.4. The van der Waals surface area contributed by atoms with E-state index < -0.39 is 41.0 Å². The number of halogens is 3. The number of carbonyl (C=O) groups is 1. The molecule has 12 heteroatoms. The second-order valence-corrected chi connectivity index (χ2v) is 5.50. The molecule has 1 amide bonds. The Bertz CT molecular complexity index is 729. The largest absolute Gasteiger partial charge is 0.438 e. The molecule has 0 aromatic carbocycles. The molecule has 0 fully saturated rings. The molecule has 2 heterocycles. The Morgan fingerprint density at radius 3 is 2.54 bits per heavy atom. The van der Waals surface area contributed by atoms with Crippen molar-refractivity contribution in [2.75, 3.05) is 0 Å². The molecule has 9 nitrogen and oxygen atoms in total. The summed E-state index contributed by atoms with van der Waals surface area (Å²) in [4.78, 5) is 22.3. The van der Waals surface area contributed by atoms with Crippen LogP contribution in [0.1, 0.15) is 32.0 Å². The van der Waals surface area contributed by atoms with Gasteiger partial charge in [0.25, 0.3) is 11.6 Å². The lowest BCUT2D eigenvalue weighted by atomic mass is 10.1. The molecule has 0 radical (unpaired) electrons. The molecular formula is C12H14F3N5O4. The van der Waals surface area contributed by atoms with Gasteiger partial charge in [-0.05, 0) is 25.7 Å². The van der Waals surface area contributed by atoms with E-state index in [2.05, 4.69) is 10.2 Å². The van der Waals surface area contributed by atoms with E-state index in [-0.39, 0.29) is 16.4 Å². The number of carbonyl (C=O) groups excluding carboxylic acids is 1. The van der Waals surface area contributed by atoms with Crippen molar-refractivity contribution in [3.8, 4) is 0 Å². The highest BCUT2D eigenvalue weighted by molar-refractivity contribution is 5.90. The first-order chi connectivity index (χ1) is 10.9. The van der Waals surface area contributed by atoms with E-state index in [0.717, 1.165) is 10.7 Å². The molecule has 0 unspecified atom stereocenters. The topological polar surface area (TPSA) is 114 Å². The minimum Gasteiger partial charge on any atom is -0.362 e. The summed E-state index contributed by atoms with van der Waals surface area (Å²) in [5.41, 5.74) is -3.31. The van der Waals surface area contributed by atoms with Crippen molar-refractivity contribution in [2.24, 2.45) is 5.10 Å². The first-order valence-corrected chi connectivity index (χ1v) is 6.76. The van der Waals surface area contributed by atoms with E-state index in [1.165, 1.54) is 20.8 Å². The molecule has 0 bridgehead atoms. The van der Waals surface area contributed by atoms with Crippen molar-refractivity contribution >= 4 is 17.4 Å². The van der Waals surface area contributed by atoms with E-state index in [4.69, 9.17) is 0 Å². The lowest BCUT2D eigenvalue weighted by molar-refractivity contribution is -0.389. The molecule has 0 saturated carbocycles. The minimum absolute atomic E-state index is 0.0278. The fourth-order valence-corrected chi connectivity index (χ4v) is 2.41.